The summed E-state index contributed by atoms with van der Waals surface area (Å²) in [6.45, 7) is 2.66. The molecule has 2 atom stereocenters. The predicted octanol–water partition coefficient (Wildman–Crippen LogP) is 1.24. The number of hydrogen-bond acceptors (Lipinski definition) is 6. The van der Waals surface area contributed by atoms with Gasteiger partial charge in [-0.2, -0.15) is 5.10 Å². The highest BCUT2D eigenvalue weighted by molar-refractivity contribution is 5.38. The fourth-order valence-electron chi connectivity index (χ4n) is 2.22. The second-order valence-electron chi connectivity index (χ2n) is 4.57. The molecule has 1 aliphatic rings. The molecule has 0 saturated carbocycles. The number of aromatic amines is 1. The van der Waals surface area contributed by atoms with E-state index in [1.807, 2.05) is 6.92 Å². The molecule has 2 aromatic rings. The summed E-state index contributed by atoms with van der Waals surface area (Å²) in [4.78, 5) is 12.6. The zero-order chi connectivity index (χ0) is 13.1. The van der Waals surface area contributed by atoms with E-state index in [1.54, 1.807) is 12.4 Å². The Bertz CT molecular complexity index is 529. The van der Waals surface area contributed by atoms with Gasteiger partial charge in [0.25, 0.3) is 0 Å². The van der Waals surface area contributed by atoms with Crippen LogP contribution in [0.1, 0.15) is 30.5 Å². The summed E-state index contributed by atoms with van der Waals surface area (Å²) in [5.41, 5.74) is 0.896. The molecule has 0 aromatic carbocycles. The SMILES string of the molecule is Cc1nccnc1NC[C@H]1CC[C@@H](c2ncn[nH]2)O1. The molecule has 7 heteroatoms. The summed E-state index contributed by atoms with van der Waals surface area (Å²) >= 11 is 0. The highest BCUT2D eigenvalue weighted by Gasteiger charge is 2.28. The lowest BCUT2D eigenvalue weighted by Gasteiger charge is -2.14. The van der Waals surface area contributed by atoms with E-state index in [4.69, 9.17) is 4.74 Å². The Kier molecular flexibility index (Phi) is 3.37. The van der Waals surface area contributed by atoms with Crippen molar-refractivity contribution in [1.29, 1.82) is 0 Å². The van der Waals surface area contributed by atoms with Gasteiger partial charge in [0.2, 0.25) is 0 Å². The fraction of sp³-hybridized carbons (Fsp3) is 0.500. The van der Waals surface area contributed by atoms with Gasteiger partial charge in [0.1, 0.15) is 18.2 Å². The van der Waals surface area contributed by atoms with E-state index in [9.17, 15) is 0 Å². The number of anilines is 1. The van der Waals surface area contributed by atoms with E-state index in [2.05, 4.69) is 30.5 Å². The number of rotatable bonds is 4. The molecule has 3 rings (SSSR count). The fourth-order valence-corrected chi connectivity index (χ4v) is 2.22. The van der Waals surface area contributed by atoms with Crippen LogP contribution in [-0.4, -0.2) is 37.8 Å². The molecule has 0 spiro atoms. The van der Waals surface area contributed by atoms with E-state index < -0.39 is 0 Å². The second-order valence-corrected chi connectivity index (χ2v) is 4.57. The Morgan fingerprint density at radius 1 is 1.32 bits per heavy atom. The van der Waals surface area contributed by atoms with Crippen molar-refractivity contribution in [2.24, 2.45) is 0 Å². The van der Waals surface area contributed by atoms with Crippen molar-refractivity contribution in [2.75, 3.05) is 11.9 Å². The zero-order valence-corrected chi connectivity index (χ0v) is 10.7. The van der Waals surface area contributed by atoms with Gasteiger partial charge < -0.3 is 10.1 Å². The van der Waals surface area contributed by atoms with Crippen LogP contribution in [-0.2, 0) is 4.74 Å². The first-order valence-electron chi connectivity index (χ1n) is 6.35. The molecule has 0 bridgehead atoms. The van der Waals surface area contributed by atoms with Crippen LogP contribution in [0.2, 0.25) is 0 Å². The van der Waals surface area contributed by atoms with Gasteiger partial charge in [-0.1, -0.05) is 0 Å². The molecular weight excluding hydrogens is 244 g/mol. The van der Waals surface area contributed by atoms with Crippen molar-refractivity contribution in [3.8, 4) is 0 Å². The van der Waals surface area contributed by atoms with E-state index in [-0.39, 0.29) is 12.2 Å². The molecule has 2 N–H and O–H groups in total. The first-order chi connectivity index (χ1) is 9.33. The average molecular weight is 260 g/mol. The molecule has 1 fully saturated rings. The highest BCUT2D eigenvalue weighted by atomic mass is 16.5. The van der Waals surface area contributed by atoms with Gasteiger partial charge in [-0.15, -0.1) is 0 Å². The molecule has 100 valence electrons. The summed E-state index contributed by atoms with van der Waals surface area (Å²) in [5, 5.41) is 9.98. The third kappa shape index (κ3) is 2.70. The monoisotopic (exact) mass is 260 g/mol. The molecule has 3 heterocycles. The van der Waals surface area contributed by atoms with Gasteiger partial charge in [-0.3, -0.25) is 10.1 Å². The molecule has 0 radical (unpaired) electrons. The van der Waals surface area contributed by atoms with Crippen LogP contribution in [0.15, 0.2) is 18.7 Å². The molecule has 0 amide bonds. The van der Waals surface area contributed by atoms with Gasteiger partial charge >= 0.3 is 0 Å². The van der Waals surface area contributed by atoms with E-state index in [0.29, 0.717) is 0 Å². The summed E-state index contributed by atoms with van der Waals surface area (Å²) in [7, 11) is 0. The van der Waals surface area contributed by atoms with Crippen molar-refractivity contribution in [2.45, 2.75) is 32.0 Å². The Morgan fingerprint density at radius 3 is 3.00 bits per heavy atom. The molecule has 7 nitrogen and oxygen atoms in total. The number of nitrogens with one attached hydrogen (secondary N) is 2. The number of ether oxygens (including phenoxy) is 1. The van der Waals surface area contributed by atoms with Crippen molar-refractivity contribution >= 4 is 5.82 Å². The smallest absolute Gasteiger partial charge is 0.153 e. The number of aryl methyl sites for hydroxylation is 1. The van der Waals surface area contributed by atoms with E-state index in [0.717, 1.165) is 36.7 Å². The predicted molar refractivity (Wildman–Crippen MR) is 68.5 cm³/mol. The van der Waals surface area contributed by atoms with E-state index >= 15 is 0 Å². The van der Waals surface area contributed by atoms with Crippen molar-refractivity contribution in [3.63, 3.8) is 0 Å². The lowest BCUT2D eigenvalue weighted by atomic mass is 10.2. The number of H-pyrrole nitrogens is 1. The minimum atomic E-state index is 0.0252. The molecular formula is C12H16N6O. The quantitative estimate of drug-likeness (QED) is 0.859. The standard InChI is InChI=1S/C12H16N6O/c1-8-11(14-5-4-13-8)15-6-9-2-3-10(19-9)12-16-7-17-18-12/h4-5,7,9-10H,2-3,6H2,1H3,(H,14,15)(H,16,17,18)/t9-,10+/m1/s1. The minimum Gasteiger partial charge on any atom is -0.366 e. The van der Waals surface area contributed by atoms with Crippen LogP contribution in [0.3, 0.4) is 0 Å². The molecule has 1 aliphatic heterocycles. The molecule has 19 heavy (non-hydrogen) atoms. The Labute approximate surface area is 110 Å². The first-order valence-corrected chi connectivity index (χ1v) is 6.35. The number of nitrogens with zero attached hydrogens (tertiary/aromatic N) is 4. The van der Waals surface area contributed by atoms with Crippen LogP contribution in [0.5, 0.6) is 0 Å². The third-order valence-electron chi connectivity index (χ3n) is 3.22. The molecule has 0 unspecified atom stereocenters. The van der Waals surface area contributed by atoms with Gasteiger partial charge in [0, 0.05) is 18.9 Å². The molecule has 1 saturated heterocycles. The lowest BCUT2D eigenvalue weighted by Crippen LogP contribution is -2.20. The highest BCUT2D eigenvalue weighted by Crippen LogP contribution is 2.30. The second kappa shape index (κ2) is 5.31. The van der Waals surface area contributed by atoms with Crippen molar-refractivity contribution in [1.82, 2.24) is 25.1 Å². The van der Waals surface area contributed by atoms with Crippen LogP contribution in [0, 0.1) is 6.92 Å². The Morgan fingerprint density at radius 2 is 2.21 bits per heavy atom. The lowest BCUT2D eigenvalue weighted by molar-refractivity contribution is 0.0472. The summed E-state index contributed by atoms with van der Waals surface area (Å²) in [6, 6.07) is 0. The average Bonchev–Trinajstić information content (AvgIpc) is 3.09. The molecule has 0 aliphatic carbocycles. The first kappa shape index (κ1) is 12.0. The Hall–Kier alpha value is -2.02. The summed E-state index contributed by atoms with van der Waals surface area (Å²) < 4.78 is 5.92. The minimum absolute atomic E-state index is 0.0252. The van der Waals surface area contributed by atoms with Gasteiger partial charge in [0.15, 0.2) is 5.82 Å². The van der Waals surface area contributed by atoms with E-state index in [1.165, 1.54) is 6.33 Å². The van der Waals surface area contributed by atoms with Crippen LogP contribution >= 0.6 is 0 Å². The zero-order valence-electron chi connectivity index (χ0n) is 10.7. The maximum absolute atomic E-state index is 5.92. The van der Waals surface area contributed by atoms with Crippen LogP contribution in [0.4, 0.5) is 5.82 Å². The topological polar surface area (TPSA) is 88.6 Å². The van der Waals surface area contributed by atoms with Crippen molar-refractivity contribution in [3.05, 3.63) is 30.2 Å². The van der Waals surface area contributed by atoms with Gasteiger partial charge in [-0.05, 0) is 19.8 Å². The summed E-state index contributed by atoms with van der Waals surface area (Å²) in [5.74, 6) is 1.62. The third-order valence-corrected chi connectivity index (χ3v) is 3.22. The normalized spacial score (nSPS) is 22.6. The summed E-state index contributed by atoms with van der Waals surface area (Å²) in [6.07, 6.45) is 7.02. The number of hydrogen-bond donors (Lipinski definition) is 2. The largest absolute Gasteiger partial charge is 0.366 e. The Balaban J connectivity index is 1.54. The van der Waals surface area contributed by atoms with Crippen LogP contribution in [0.25, 0.3) is 0 Å². The maximum atomic E-state index is 5.92. The van der Waals surface area contributed by atoms with Crippen molar-refractivity contribution < 1.29 is 4.74 Å². The van der Waals surface area contributed by atoms with Gasteiger partial charge in [0.05, 0.1) is 11.8 Å². The van der Waals surface area contributed by atoms with Crippen LogP contribution < -0.4 is 5.32 Å². The van der Waals surface area contributed by atoms with Gasteiger partial charge in [-0.25, -0.2) is 9.97 Å². The number of aromatic nitrogens is 5. The maximum Gasteiger partial charge on any atom is 0.153 e. The molecule has 2 aromatic heterocycles.